The van der Waals surface area contributed by atoms with E-state index in [1.54, 1.807) is 6.92 Å². The Morgan fingerprint density at radius 2 is 1.74 bits per heavy atom. The lowest BCUT2D eigenvalue weighted by Gasteiger charge is -2.21. The third-order valence-corrected chi connectivity index (χ3v) is 2.41. The van der Waals surface area contributed by atoms with Crippen molar-refractivity contribution < 1.29 is 14.3 Å². The molecule has 0 heterocycles. The molecule has 0 aliphatic rings. The number of esters is 1. The molecule has 104 valence electrons. The molecule has 1 atom stereocenters. The summed E-state index contributed by atoms with van der Waals surface area (Å²) in [4.78, 5) is 11.4. The summed E-state index contributed by atoms with van der Waals surface area (Å²) in [5.74, 6) is 0.428. The highest BCUT2D eigenvalue weighted by molar-refractivity contribution is 5.87. The maximum Gasteiger partial charge on any atom is 0.333 e. The van der Waals surface area contributed by atoms with Crippen LogP contribution in [0.5, 0.6) is 5.75 Å². The summed E-state index contributed by atoms with van der Waals surface area (Å²) < 4.78 is 11.0. The van der Waals surface area contributed by atoms with Gasteiger partial charge in [-0.25, -0.2) is 4.79 Å². The Kier molecular flexibility index (Phi) is 4.76. The lowest BCUT2D eigenvalue weighted by Crippen LogP contribution is -2.22. The largest absolute Gasteiger partial charge is 0.488 e. The predicted molar refractivity (Wildman–Crippen MR) is 76.1 cm³/mol. The maximum absolute atomic E-state index is 11.4. The van der Waals surface area contributed by atoms with Gasteiger partial charge in [0.25, 0.3) is 0 Å². The summed E-state index contributed by atoms with van der Waals surface area (Å²) in [6.45, 7) is 13.0. The quantitative estimate of drug-likeness (QED) is 0.606. The zero-order chi connectivity index (χ0) is 14.6. The van der Waals surface area contributed by atoms with Crippen LogP contribution >= 0.6 is 0 Å². The molecule has 0 radical (unpaired) electrons. The first kappa shape index (κ1) is 15.3. The number of hydrogen-bond donors (Lipinski definition) is 0. The second-order valence-electron chi connectivity index (χ2n) is 5.61. The van der Waals surface area contributed by atoms with E-state index in [4.69, 9.17) is 9.47 Å². The average Bonchev–Trinajstić information content (AvgIpc) is 2.27. The van der Waals surface area contributed by atoms with E-state index in [2.05, 4.69) is 6.58 Å². The van der Waals surface area contributed by atoms with Crippen molar-refractivity contribution in [1.82, 2.24) is 0 Å². The van der Waals surface area contributed by atoms with Gasteiger partial charge in [0.2, 0.25) is 0 Å². The third kappa shape index (κ3) is 5.16. The fraction of sp³-hybridized carbons (Fsp3) is 0.438. The molecule has 0 fully saturated rings. The maximum atomic E-state index is 11.4. The van der Waals surface area contributed by atoms with Crippen molar-refractivity contribution in [3.63, 3.8) is 0 Å². The van der Waals surface area contributed by atoms with Crippen molar-refractivity contribution in [2.75, 3.05) is 0 Å². The minimum atomic E-state index is -0.373. The van der Waals surface area contributed by atoms with Crippen molar-refractivity contribution >= 4 is 5.97 Å². The van der Waals surface area contributed by atoms with Crippen LogP contribution in [0.25, 0.3) is 0 Å². The summed E-state index contributed by atoms with van der Waals surface area (Å²) in [6, 6.07) is 7.56. The van der Waals surface area contributed by atoms with Gasteiger partial charge in [-0.3, -0.25) is 0 Å². The van der Waals surface area contributed by atoms with Crippen molar-refractivity contribution in [2.45, 2.75) is 46.3 Å². The molecule has 1 rings (SSSR count). The Morgan fingerprint density at radius 3 is 2.16 bits per heavy atom. The molecule has 1 unspecified atom stereocenters. The van der Waals surface area contributed by atoms with Gasteiger partial charge in [0, 0.05) is 5.57 Å². The van der Waals surface area contributed by atoms with Crippen LogP contribution in [0.1, 0.15) is 46.3 Å². The van der Waals surface area contributed by atoms with Crippen LogP contribution in [0.2, 0.25) is 0 Å². The smallest absolute Gasteiger partial charge is 0.333 e. The Bertz CT molecular complexity index is 452. The number of carbonyl (C=O) groups is 1. The van der Waals surface area contributed by atoms with Crippen LogP contribution in [0.3, 0.4) is 0 Å². The van der Waals surface area contributed by atoms with Crippen LogP contribution in [0, 0.1) is 0 Å². The number of hydrogen-bond acceptors (Lipinski definition) is 3. The summed E-state index contributed by atoms with van der Waals surface area (Å²) in [7, 11) is 0. The molecule has 0 spiro atoms. The summed E-state index contributed by atoms with van der Waals surface area (Å²) in [6.07, 6.45) is -0.298. The fourth-order valence-electron chi connectivity index (χ4n) is 1.49. The second kappa shape index (κ2) is 5.91. The van der Waals surface area contributed by atoms with Gasteiger partial charge >= 0.3 is 5.97 Å². The van der Waals surface area contributed by atoms with Crippen LogP contribution in [0.15, 0.2) is 36.4 Å². The van der Waals surface area contributed by atoms with E-state index >= 15 is 0 Å². The van der Waals surface area contributed by atoms with Gasteiger partial charge in [0.15, 0.2) is 0 Å². The van der Waals surface area contributed by atoms with E-state index in [0.717, 1.165) is 11.3 Å². The zero-order valence-electron chi connectivity index (χ0n) is 12.3. The van der Waals surface area contributed by atoms with E-state index in [1.807, 2.05) is 52.0 Å². The molecule has 0 aliphatic heterocycles. The first-order valence-electron chi connectivity index (χ1n) is 6.34. The monoisotopic (exact) mass is 262 g/mol. The second-order valence-corrected chi connectivity index (χ2v) is 5.61. The molecule has 3 nitrogen and oxygen atoms in total. The van der Waals surface area contributed by atoms with Crippen molar-refractivity contribution in [1.29, 1.82) is 0 Å². The van der Waals surface area contributed by atoms with Gasteiger partial charge in [-0.15, -0.1) is 0 Å². The fourth-order valence-corrected chi connectivity index (χ4v) is 1.49. The molecule has 0 aromatic heterocycles. The molecule has 0 saturated carbocycles. The van der Waals surface area contributed by atoms with Crippen LogP contribution < -0.4 is 4.74 Å². The van der Waals surface area contributed by atoms with Crippen molar-refractivity contribution in [3.05, 3.63) is 42.0 Å². The summed E-state index contributed by atoms with van der Waals surface area (Å²) >= 11 is 0. The Labute approximate surface area is 115 Å². The third-order valence-electron chi connectivity index (χ3n) is 2.41. The molecule has 1 aromatic rings. The molecule has 1 aromatic carbocycles. The van der Waals surface area contributed by atoms with Gasteiger partial charge in [-0.2, -0.15) is 0 Å². The molecule has 3 heteroatoms. The van der Waals surface area contributed by atoms with Crippen molar-refractivity contribution in [3.8, 4) is 5.75 Å². The standard InChI is InChI=1S/C16H22O3/c1-11(2)15(17)18-12(3)13-7-9-14(10-8-13)19-16(4,5)6/h7-10,12H,1H2,2-6H3. The van der Waals surface area contributed by atoms with E-state index in [9.17, 15) is 4.79 Å². The first-order valence-corrected chi connectivity index (χ1v) is 6.34. The molecule has 0 N–H and O–H groups in total. The average molecular weight is 262 g/mol. The molecule has 0 amide bonds. The normalized spacial score (nSPS) is 12.7. The summed E-state index contributed by atoms with van der Waals surface area (Å²) in [5, 5.41) is 0. The molecule has 0 saturated heterocycles. The van der Waals surface area contributed by atoms with Crippen molar-refractivity contribution in [2.24, 2.45) is 0 Å². The van der Waals surface area contributed by atoms with E-state index in [0.29, 0.717) is 5.57 Å². The van der Waals surface area contributed by atoms with Gasteiger partial charge in [-0.05, 0) is 52.3 Å². The number of ether oxygens (including phenoxy) is 2. The van der Waals surface area contributed by atoms with E-state index in [-0.39, 0.29) is 17.7 Å². The highest BCUT2D eigenvalue weighted by Crippen LogP contribution is 2.23. The number of rotatable bonds is 4. The Hall–Kier alpha value is -1.77. The van der Waals surface area contributed by atoms with E-state index in [1.165, 1.54) is 0 Å². The van der Waals surface area contributed by atoms with Gasteiger partial charge in [-0.1, -0.05) is 18.7 Å². The number of carbonyl (C=O) groups excluding carboxylic acids is 1. The predicted octanol–water partition coefficient (Wildman–Crippen LogP) is 4.04. The minimum Gasteiger partial charge on any atom is -0.488 e. The summed E-state index contributed by atoms with van der Waals surface area (Å²) in [5.41, 5.74) is 1.11. The molecule has 19 heavy (non-hydrogen) atoms. The minimum absolute atomic E-state index is 0.223. The topological polar surface area (TPSA) is 35.5 Å². The molecule has 0 aliphatic carbocycles. The van der Waals surface area contributed by atoms with Crippen LogP contribution in [-0.2, 0) is 9.53 Å². The molecular weight excluding hydrogens is 240 g/mol. The number of benzene rings is 1. The highest BCUT2D eigenvalue weighted by atomic mass is 16.5. The van der Waals surface area contributed by atoms with Gasteiger partial charge < -0.3 is 9.47 Å². The first-order chi connectivity index (χ1) is 8.69. The Morgan fingerprint density at radius 1 is 1.21 bits per heavy atom. The van der Waals surface area contributed by atoms with Gasteiger partial charge in [0.05, 0.1) is 0 Å². The molecular formula is C16H22O3. The van der Waals surface area contributed by atoms with Crippen LogP contribution in [0.4, 0.5) is 0 Å². The molecule has 0 bridgehead atoms. The van der Waals surface area contributed by atoms with Gasteiger partial charge in [0.1, 0.15) is 17.5 Å². The SMILES string of the molecule is C=C(C)C(=O)OC(C)c1ccc(OC(C)(C)C)cc1. The zero-order valence-corrected chi connectivity index (χ0v) is 12.3. The Balaban J connectivity index is 2.70. The lowest BCUT2D eigenvalue weighted by atomic mass is 10.1. The van der Waals surface area contributed by atoms with E-state index < -0.39 is 0 Å². The highest BCUT2D eigenvalue weighted by Gasteiger charge is 2.14. The van der Waals surface area contributed by atoms with Crippen LogP contribution in [-0.4, -0.2) is 11.6 Å². The lowest BCUT2D eigenvalue weighted by molar-refractivity contribution is -0.143.